The molecule has 124 valence electrons. The second-order valence-corrected chi connectivity index (χ2v) is 6.32. The van der Waals surface area contributed by atoms with Gasteiger partial charge in [-0.15, -0.1) is 0 Å². The van der Waals surface area contributed by atoms with Gasteiger partial charge in [0, 0.05) is 23.4 Å². The van der Waals surface area contributed by atoms with Crippen LogP contribution in [0.15, 0.2) is 24.3 Å². The SMILES string of the molecule is CN1CCCC1c1cc(C(=O)Nc2cccc3c2CNC3=O)n[nH]1. The fraction of sp³-hybridized carbons (Fsp3) is 0.353. The predicted octanol–water partition coefficient (Wildman–Crippen LogP) is 1.67. The molecule has 3 N–H and O–H groups in total. The summed E-state index contributed by atoms with van der Waals surface area (Å²) in [6.07, 6.45) is 2.22. The molecule has 1 unspecified atom stereocenters. The van der Waals surface area contributed by atoms with Crippen LogP contribution >= 0.6 is 0 Å². The molecule has 1 atom stereocenters. The van der Waals surface area contributed by atoms with Crippen LogP contribution in [-0.2, 0) is 6.54 Å². The number of anilines is 1. The highest BCUT2D eigenvalue weighted by Crippen LogP contribution is 2.29. The number of rotatable bonds is 3. The first kappa shape index (κ1) is 14.9. The van der Waals surface area contributed by atoms with Crippen LogP contribution in [0, 0.1) is 0 Å². The van der Waals surface area contributed by atoms with Crippen LogP contribution in [0.25, 0.3) is 0 Å². The van der Waals surface area contributed by atoms with E-state index in [0.717, 1.165) is 30.6 Å². The molecule has 1 fully saturated rings. The lowest BCUT2D eigenvalue weighted by atomic mass is 10.1. The zero-order valence-corrected chi connectivity index (χ0v) is 13.4. The topological polar surface area (TPSA) is 90.1 Å². The molecule has 0 aliphatic carbocycles. The number of fused-ring (bicyclic) bond motifs is 1. The fourth-order valence-electron chi connectivity index (χ4n) is 3.48. The van der Waals surface area contributed by atoms with E-state index in [1.807, 2.05) is 6.07 Å². The summed E-state index contributed by atoms with van der Waals surface area (Å²) in [7, 11) is 2.08. The lowest BCUT2D eigenvalue weighted by molar-refractivity contribution is 0.0964. The van der Waals surface area contributed by atoms with E-state index in [-0.39, 0.29) is 11.8 Å². The van der Waals surface area contributed by atoms with Gasteiger partial charge in [0.05, 0.1) is 11.7 Å². The minimum absolute atomic E-state index is 0.104. The van der Waals surface area contributed by atoms with E-state index in [1.165, 1.54) is 0 Å². The maximum absolute atomic E-state index is 12.5. The minimum atomic E-state index is -0.272. The second-order valence-electron chi connectivity index (χ2n) is 6.32. The average molecular weight is 325 g/mol. The number of amides is 2. The highest BCUT2D eigenvalue weighted by atomic mass is 16.2. The molecule has 4 rings (SSSR count). The van der Waals surface area contributed by atoms with E-state index in [4.69, 9.17) is 0 Å². The molecule has 2 aromatic rings. The first-order valence-corrected chi connectivity index (χ1v) is 8.10. The zero-order chi connectivity index (χ0) is 16.7. The number of aromatic amines is 1. The molecule has 2 aliphatic rings. The summed E-state index contributed by atoms with van der Waals surface area (Å²) in [5.41, 5.74) is 3.42. The van der Waals surface area contributed by atoms with Crippen LogP contribution in [0.3, 0.4) is 0 Å². The summed E-state index contributed by atoms with van der Waals surface area (Å²) in [5.74, 6) is -0.377. The van der Waals surface area contributed by atoms with Crippen molar-refractivity contribution in [3.8, 4) is 0 Å². The molecule has 24 heavy (non-hydrogen) atoms. The standard InChI is InChI=1S/C17H19N5O2/c1-22-7-3-6-15(22)13-8-14(21-20-13)17(24)19-12-5-2-4-10-11(12)9-18-16(10)23/h2,4-5,8,15H,3,6-7,9H2,1H3,(H,18,23)(H,19,24)(H,20,21). The second kappa shape index (κ2) is 5.76. The van der Waals surface area contributed by atoms with E-state index in [2.05, 4.69) is 32.8 Å². The number of aromatic nitrogens is 2. The summed E-state index contributed by atoms with van der Waals surface area (Å²) in [4.78, 5) is 26.5. The Bertz CT molecular complexity index is 813. The van der Waals surface area contributed by atoms with Gasteiger partial charge in [0.1, 0.15) is 0 Å². The molecule has 7 nitrogen and oxygen atoms in total. The highest BCUT2D eigenvalue weighted by molar-refractivity contribution is 6.06. The van der Waals surface area contributed by atoms with Gasteiger partial charge in [-0.25, -0.2) is 0 Å². The molecule has 2 aliphatic heterocycles. The molecular formula is C17H19N5O2. The first-order chi connectivity index (χ1) is 11.6. The molecule has 0 saturated carbocycles. The number of nitrogens with one attached hydrogen (secondary N) is 3. The number of nitrogens with zero attached hydrogens (tertiary/aromatic N) is 2. The van der Waals surface area contributed by atoms with Crippen LogP contribution in [0.4, 0.5) is 5.69 Å². The third-order valence-corrected chi connectivity index (χ3v) is 4.80. The molecule has 2 amide bonds. The molecule has 7 heteroatoms. The molecule has 1 aromatic carbocycles. The third kappa shape index (κ3) is 2.46. The van der Waals surface area contributed by atoms with Crippen molar-refractivity contribution in [3.05, 3.63) is 46.8 Å². The number of carbonyl (C=O) groups excluding carboxylic acids is 2. The van der Waals surface area contributed by atoms with E-state index in [1.54, 1.807) is 18.2 Å². The van der Waals surface area contributed by atoms with Gasteiger partial charge < -0.3 is 10.6 Å². The van der Waals surface area contributed by atoms with Crippen LogP contribution < -0.4 is 10.6 Å². The quantitative estimate of drug-likeness (QED) is 0.801. The monoisotopic (exact) mass is 325 g/mol. The van der Waals surface area contributed by atoms with Crippen molar-refractivity contribution >= 4 is 17.5 Å². The summed E-state index contributed by atoms with van der Waals surface area (Å²) in [5, 5.41) is 12.8. The molecule has 3 heterocycles. The average Bonchev–Trinajstić information content (AvgIpc) is 3.28. The number of benzene rings is 1. The molecule has 1 saturated heterocycles. The number of likely N-dealkylation sites (tertiary alicyclic amines) is 1. The van der Waals surface area contributed by atoms with E-state index < -0.39 is 0 Å². The molecule has 0 bridgehead atoms. The van der Waals surface area contributed by atoms with Crippen LogP contribution in [0.1, 0.15) is 51.0 Å². The normalized spacial score (nSPS) is 20.0. The summed E-state index contributed by atoms with van der Waals surface area (Å²) in [6.45, 7) is 1.49. The molecule has 0 spiro atoms. The smallest absolute Gasteiger partial charge is 0.276 e. The van der Waals surface area contributed by atoms with Gasteiger partial charge in [-0.05, 0) is 44.6 Å². The van der Waals surface area contributed by atoms with Crippen molar-refractivity contribution in [2.45, 2.75) is 25.4 Å². The van der Waals surface area contributed by atoms with Gasteiger partial charge >= 0.3 is 0 Å². The van der Waals surface area contributed by atoms with Gasteiger partial charge in [0.2, 0.25) is 0 Å². The van der Waals surface area contributed by atoms with Crippen LogP contribution in [0.2, 0.25) is 0 Å². The van der Waals surface area contributed by atoms with Crippen LogP contribution in [-0.4, -0.2) is 40.5 Å². The maximum Gasteiger partial charge on any atom is 0.276 e. The van der Waals surface area contributed by atoms with Gasteiger partial charge in [0.15, 0.2) is 5.69 Å². The molecule has 0 radical (unpaired) electrons. The summed E-state index contributed by atoms with van der Waals surface area (Å²) >= 11 is 0. The van der Waals surface area contributed by atoms with Gasteiger partial charge in [-0.1, -0.05) is 6.07 Å². The van der Waals surface area contributed by atoms with E-state index in [0.29, 0.717) is 29.5 Å². The van der Waals surface area contributed by atoms with Crippen molar-refractivity contribution in [1.82, 2.24) is 20.4 Å². The van der Waals surface area contributed by atoms with Crippen molar-refractivity contribution in [2.24, 2.45) is 0 Å². The van der Waals surface area contributed by atoms with Crippen molar-refractivity contribution in [3.63, 3.8) is 0 Å². The number of H-pyrrole nitrogens is 1. The van der Waals surface area contributed by atoms with Crippen molar-refractivity contribution in [2.75, 3.05) is 18.9 Å². The maximum atomic E-state index is 12.5. The Balaban J connectivity index is 1.54. The minimum Gasteiger partial charge on any atom is -0.348 e. The Hall–Kier alpha value is -2.67. The number of hydrogen-bond acceptors (Lipinski definition) is 4. The Morgan fingerprint density at radius 1 is 1.42 bits per heavy atom. The van der Waals surface area contributed by atoms with Gasteiger partial charge in [0.25, 0.3) is 11.8 Å². The number of carbonyl (C=O) groups is 2. The summed E-state index contributed by atoms with van der Waals surface area (Å²) < 4.78 is 0. The van der Waals surface area contributed by atoms with Gasteiger partial charge in [-0.2, -0.15) is 5.10 Å². The largest absolute Gasteiger partial charge is 0.348 e. The Kier molecular flexibility index (Phi) is 3.57. The van der Waals surface area contributed by atoms with Crippen LogP contribution in [0.5, 0.6) is 0 Å². The first-order valence-electron chi connectivity index (χ1n) is 8.10. The predicted molar refractivity (Wildman–Crippen MR) is 88.8 cm³/mol. The van der Waals surface area contributed by atoms with Gasteiger partial charge in [-0.3, -0.25) is 19.6 Å². The Morgan fingerprint density at radius 3 is 3.08 bits per heavy atom. The Morgan fingerprint density at radius 2 is 2.29 bits per heavy atom. The fourth-order valence-corrected chi connectivity index (χ4v) is 3.48. The lowest BCUT2D eigenvalue weighted by Crippen LogP contribution is -2.17. The highest BCUT2D eigenvalue weighted by Gasteiger charge is 2.26. The molecule has 1 aromatic heterocycles. The van der Waals surface area contributed by atoms with Crippen molar-refractivity contribution < 1.29 is 9.59 Å². The number of hydrogen-bond donors (Lipinski definition) is 3. The van der Waals surface area contributed by atoms with E-state index >= 15 is 0 Å². The molecular weight excluding hydrogens is 306 g/mol. The Labute approximate surface area is 139 Å². The lowest BCUT2D eigenvalue weighted by Gasteiger charge is -2.16. The zero-order valence-electron chi connectivity index (χ0n) is 13.4. The van der Waals surface area contributed by atoms with E-state index in [9.17, 15) is 9.59 Å². The summed E-state index contributed by atoms with van der Waals surface area (Å²) in [6, 6.07) is 7.43. The third-order valence-electron chi connectivity index (χ3n) is 4.80. The van der Waals surface area contributed by atoms with Crippen molar-refractivity contribution in [1.29, 1.82) is 0 Å².